The predicted octanol–water partition coefficient (Wildman–Crippen LogP) is 2.96. The van der Waals surface area contributed by atoms with Crippen molar-refractivity contribution in [3.63, 3.8) is 0 Å². The molecule has 0 radical (unpaired) electrons. The van der Waals surface area contributed by atoms with Crippen molar-refractivity contribution in [3.05, 3.63) is 30.3 Å². The average Bonchev–Trinajstić information content (AvgIpc) is 1.86. The van der Waals surface area contributed by atoms with E-state index in [0.717, 1.165) is 12.1 Å². The molecule has 0 aliphatic carbocycles. The van der Waals surface area contributed by atoms with Gasteiger partial charge in [0, 0.05) is 0 Å². The first-order valence-electron chi connectivity index (χ1n) is 3.33. The van der Waals surface area contributed by atoms with Crippen molar-refractivity contribution in [3.8, 4) is 0 Å². The van der Waals surface area contributed by atoms with E-state index in [2.05, 4.69) is 0 Å². The van der Waals surface area contributed by atoms with Crippen molar-refractivity contribution in [2.75, 3.05) is 0 Å². The van der Waals surface area contributed by atoms with Crippen LogP contribution in [0.3, 0.4) is 0 Å². The Kier molecular flexibility index (Phi) is 3.27. The molecule has 0 nitrogen and oxygen atoms in total. The van der Waals surface area contributed by atoms with Crippen LogP contribution in [0.1, 0.15) is 0 Å². The van der Waals surface area contributed by atoms with E-state index in [1.54, 1.807) is 0 Å². The summed E-state index contributed by atoms with van der Waals surface area (Å²) in [4.78, 5) is 0. The van der Waals surface area contributed by atoms with Crippen LogP contribution in [0.5, 0.6) is 0 Å². The molecule has 1 rings (SSSR count). The molecule has 0 spiro atoms. The Balaban J connectivity index is 0.00000121. The zero-order valence-corrected chi connectivity index (χ0v) is 9.80. The fourth-order valence-corrected chi connectivity index (χ4v) is 2.90. The Morgan fingerprint density at radius 1 is 0.833 bits per heavy atom. The second kappa shape index (κ2) is 3.31. The van der Waals surface area contributed by atoms with Crippen LogP contribution >= 0.6 is 12.4 Å². The Bertz CT molecular complexity index is 246. The van der Waals surface area contributed by atoms with Crippen LogP contribution in [-0.2, 0) is 15.6 Å². The molecule has 6 heteroatoms. The van der Waals surface area contributed by atoms with Gasteiger partial charge in [-0.2, -0.15) is 0 Å². The van der Waals surface area contributed by atoms with Crippen molar-refractivity contribution in [2.45, 2.75) is 0 Å². The minimum absolute atomic E-state index is 0. The molecule has 1 aromatic rings. The fourth-order valence-electron chi connectivity index (χ4n) is 0.834. The Labute approximate surface area is 76.0 Å². The molecule has 1 aromatic carbocycles. The molecule has 0 bridgehead atoms. The van der Waals surface area contributed by atoms with E-state index in [4.69, 9.17) is 0 Å². The topological polar surface area (TPSA) is 0 Å². The molecule has 0 amide bonds. The SMILES string of the molecule is Cl.[F][Zn]([F])([F])([F])[c]1ccccc1. The summed E-state index contributed by atoms with van der Waals surface area (Å²) in [6, 6.07) is 5.33. The standard InChI is InChI=1S/C6H5.ClH.4FH.Zn/c1-2-4-6-5-3-1;;;;;;/h1-5H;5*1H;/q;;;;;;+4/p-4. The second-order valence-electron chi connectivity index (χ2n) is 2.63. The van der Waals surface area contributed by atoms with Gasteiger partial charge in [-0.15, -0.1) is 12.4 Å². The van der Waals surface area contributed by atoms with Gasteiger partial charge in [0.25, 0.3) is 0 Å². The Hall–Kier alpha value is -0.147. The van der Waals surface area contributed by atoms with Gasteiger partial charge < -0.3 is 0 Å². The van der Waals surface area contributed by atoms with Gasteiger partial charge >= 0.3 is 63.3 Å². The van der Waals surface area contributed by atoms with Gasteiger partial charge in [0.1, 0.15) is 0 Å². The molecular weight excluding hydrogens is 249 g/mol. The van der Waals surface area contributed by atoms with E-state index in [1.807, 2.05) is 0 Å². The van der Waals surface area contributed by atoms with E-state index in [0.29, 0.717) is 0 Å². The maximum absolute atomic E-state index is 12.0. The van der Waals surface area contributed by atoms with Crippen LogP contribution in [-0.4, -0.2) is 0 Å². The van der Waals surface area contributed by atoms with Crippen LogP contribution in [0.15, 0.2) is 30.3 Å². The maximum atomic E-state index is 12.0. The summed E-state index contributed by atoms with van der Waals surface area (Å²) in [6.45, 7) is 0. The van der Waals surface area contributed by atoms with Gasteiger partial charge in [-0.1, -0.05) is 0 Å². The van der Waals surface area contributed by atoms with Crippen molar-refractivity contribution in [1.82, 2.24) is 0 Å². The number of halogens is 5. The Morgan fingerprint density at radius 2 is 1.25 bits per heavy atom. The molecule has 0 unspecified atom stereocenters. The van der Waals surface area contributed by atoms with Gasteiger partial charge in [0.15, 0.2) is 0 Å². The molecule has 0 saturated heterocycles. The van der Waals surface area contributed by atoms with E-state index in [9.17, 15) is 13.3 Å². The minimum atomic E-state index is -8.40. The molecule has 0 atom stereocenters. The summed E-state index contributed by atoms with van der Waals surface area (Å²) in [5, 5.41) is 0. The first-order chi connectivity index (χ1) is 4.86. The zero-order chi connectivity index (χ0) is 8.56. The predicted molar refractivity (Wildman–Crippen MR) is 37.8 cm³/mol. The van der Waals surface area contributed by atoms with Crippen molar-refractivity contribution >= 4 is 16.6 Å². The zero-order valence-electron chi connectivity index (χ0n) is 6.01. The average molecular weight is 255 g/mol. The third-order valence-electron chi connectivity index (χ3n) is 1.46. The van der Waals surface area contributed by atoms with Crippen molar-refractivity contribution in [1.29, 1.82) is 0 Å². The molecule has 67 valence electrons. The number of rotatable bonds is 1. The number of benzene rings is 1. The molecule has 0 aliphatic rings. The summed E-state index contributed by atoms with van der Waals surface area (Å²) >= 11 is -8.40. The van der Waals surface area contributed by atoms with Gasteiger partial charge in [-0.3, -0.25) is 0 Å². The molecular formula is C6H6ClF4Zn. The van der Waals surface area contributed by atoms with E-state index in [-0.39, 0.29) is 12.4 Å². The van der Waals surface area contributed by atoms with Crippen LogP contribution in [0.25, 0.3) is 0 Å². The quantitative estimate of drug-likeness (QED) is 0.534. The second-order valence-corrected chi connectivity index (χ2v) is 9.13. The van der Waals surface area contributed by atoms with Gasteiger partial charge in [-0.05, 0) is 0 Å². The summed E-state index contributed by atoms with van der Waals surface area (Å²) in [7, 11) is 0. The molecule has 0 fully saturated rings. The normalized spacial score (nSPS) is 12.1. The molecule has 0 N–H and O–H groups in total. The third-order valence-corrected chi connectivity index (χ3v) is 5.04. The van der Waals surface area contributed by atoms with Crippen LogP contribution in [0, 0.1) is 0 Å². The molecule has 0 saturated carbocycles. The van der Waals surface area contributed by atoms with E-state index in [1.165, 1.54) is 18.2 Å². The Morgan fingerprint density at radius 3 is 1.50 bits per heavy atom. The summed E-state index contributed by atoms with van der Waals surface area (Å²) < 4.78 is 47.0. The van der Waals surface area contributed by atoms with Crippen molar-refractivity contribution in [2.24, 2.45) is 0 Å². The van der Waals surface area contributed by atoms with Gasteiger partial charge in [0.2, 0.25) is 0 Å². The van der Waals surface area contributed by atoms with Crippen LogP contribution < -0.4 is 4.16 Å². The molecule has 0 aromatic heterocycles. The summed E-state index contributed by atoms with van der Waals surface area (Å²) in [5.74, 6) is 0. The van der Waals surface area contributed by atoms with Gasteiger partial charge in [-0.25, -0.2) is 0 Å². The van der Waals surface area contributed by atoms with E-state index < -0.39 is 19.7 Å². The van der Waals surface area contributed by atoms with Crippen molar-refractivity contribution < 1.29 is 28.9 Å². The third kappa shape index (κ3) is 3.07. The molecule has 0 aliphatic heterocycles. The van der Waals surface area contributed by atoms with Crippen LogP contribution in [0.4, 0.5) is 13.3 Å². The molecule has 0 heterocycles. The van der Waals surface area contributed by atoms with Gasteiger partial charge in [0.05, 0.1) is 0 Å². The first kappa shape index (κ1) is 11.9. The van der Waals surface area contributed by atoms with E-state index >= 15 is 0 Å². The number of hydrogen-bond donors (Lipinski definition) is 0. The molecule has 12 heavy (non-hydrogen) atoms. The summed E-state index contributed by atoms with van der Waals surface area (Å²) in [5.41, 5.74) is 0. The fraction of sp³-hybridized carbons (Fsp3) is 0. The number of hydrogen-bond acceptors (Lipinski definition) is 0. The summed E-state index contributed by atoms with van der Waals surface area (Å²) in [6.07, 6.45) is 0. The first-order valence-corrected chi connectivity index (χ1v) is 9.30. The van der Waals surface area contributed by atoms with Crippen LogP contribution in [0.2, 0.25) is 0 Å². The monoisotopic (exact) mass is 253 g/mol.